The van der Waals surface area contributed by atoms with Crippen molar-refractivity contribution in [2.45, 2.75) is 38.6 Å². The molecule has 78 valence electrons. The van der Waals surface area contributed by atoms with Gasteiger partial charge in [-0.3, -0.25) is 0 Å². The Balaban J connectivity index is 2.51. The zero-order chi connectivity index (χ0) is 10.6. The zero-order valence-electron chi connectivity index (χ0n) is 8.84. The fraction of sp³-hybridized carbons (Fsp3) is 0.800. The number of likely N-dealkylation sites (tertiary alicyclic amines) is 1. The Morgan fingerprint density at radius 3 is 2.57 bits per heavy atom. The molecule has 14 heavy (non-hydrogen) atoms. The Hall–Kier alpha value is -1.24. The minimum Gasteiger partial charge on any atom is -0.325 e. The molecule has 1 saturated heterocycles. The van der Waals surface area contributed by atoms with Crippen molar-refractivity contribution in [3.8, 4) is 6.07 Å². The molecule has 1 heterocycles. The molecule has 0 saturated carbocycles. The normalized spacial score (nSPS) is 19.9. The van der Waals surface area contributed by atoms with E-state index in [1.807, 2.05) is 6.92 Å². The van der Waals surface area contributed by atoms with Crippen LogP contribution in [0.4, 0.5) is 4.79 Å². The summed E-state index contributed by atoms with van der Waals surface area (Å²) in [6, 6.07) is 2.02. The van der Waals surface area contributed by atoms with Crippen LogP contribution in [-0.4, -0.2) is 29.6 Å². The van der Waals surface area contributed by atoms with Crippen molar-refractivity contribution in [3.05, 3.63) is 0 Å². The monoisotopic (exact) mass is 195 g/mol. The number of nitrogens with zero attached hydrogens (tertiary/aromatic N) is 2. The number of nitriles is 1. The summed E-state index contributed by atoms with van der Waals surface area (Å²) in [5.74, 6) is 0. The highest BCUT2D eigenvalue weighted by Gasteiger charge is 2.27. The molecule has 0 radical (unpaired) electrons. The van der Waals surface area contributed by atoms with E-state index in [9.17, 15) is 4.79 Å². The van der Waals surface area contributed by atoms with Crippen LogP contribution in [0, 0.1) is 11.3 Å². The molecule has 2 amide bonds. The fourth-order valence-electron chi connectivity index (χ4n) is 1.43. The van der Waals surface area contributed by atoms with Crippen LogP contribution in [0.1, 0.15) is 33.1 Å². The van der Waals surface area contributed by atoms with Gasteiger partial charge in [0.2, 0.25) is 0 Å². The lowest BCUT2D eigenvalue weighted by Crippen LogP contribution is -2.49. The van der Waals surface area contributed by atoms with Crippen molar-refractivity contribution in [2.24, 2.45) is 0 Å². The summed E-state index contributed by atoms with van der Waals surface area (Å²) in [6.45, 7) is 5.28. The minimum absolute atomic E-state index is 0.103. The van der Waals surface area contributed by atoms with Crippen LogP contribution in [-0.2, 0) is 0 Å². The van der Waals surface area contributed by atoms with Crippen LogP contribution in [0.2, 0.25) is 0 Å². The Bertz CT molecular complexity index is 253. The summed E-state index contributed by atoms with van der Waals surface area (Å²) in [4.78, 5) is 13.4. The molecule has 1 fully saturated rings. The molecule has 1 aliphatic rings. The van der Waals surface area contributed by atoms with E-state index in [4.69, 9.17) is 5.26 Å². The highest BCUT2D eigenvalue weighted by Crippen LogP contribution is 2.11. The molecule has 1 atom stereocenters. The van der Waals surface area contributed by atoms with Gasteiger partial charge in [0.1, 0.15) is 5.54 Å². The van der Waals surface area contributed by atoms with Gasteiger partial charge in [0.25, 0.3) is 0 Å². The van der Waals surface area contributed by atoms with Gasteiger partial charge in [-0.2, -0.15) is 5.26 Å². The average Bonchev–Trinajstić information content (AvgIpc) is 2.70. The molecular formula is C10H17N3O. The molecule has 0 spiro atoms. The van der Waals surface area contributed by atoms with E-state index in [1.165, 1.54) is 0 Å². The van der Waals surface area contributed by atoms with E-state index in [-0.39, 0.29) is 6.03 Å². The number of rotatable bonds is 2. The summed E-state index contributed by atoms with van der Waals surface area (Å²) >= 11 is 0. The molecule has 1 aliphatic heterocycles. The largest absolute Gasteiger partial charge is 0.325 e. The average molecular weight is 195 g/mol. The Labute approximate surface area is 84.9 Å². The molecule has 0 aliphatic carbocycles. The molecule has 0 aromatic heterocycles. The lowest BCUT2D eigenvalue weighted by molar-refractivity contribution is 0.200. The second-order valence-electron chi connectivity index (χ2n) is 3.92. The van der Waals surface area contributed by atoms with Crippen molar-refractivity contribution in [3.63, 3.8) is 0 Å². The van der Waals surface area contributed by atoms with Gasteiger partial charge in [0, 0.05) is 13.1 Å². The Kier molecular flexibility index (Phi) is 3.34. The Morgan fingerprint density at radius 2 is 2.14 bits per heavy atom. The smallest absolute Gasteiger partial charge is 0.318 e. The van der Waals surface area contributed by atoms with Crippen molar-refractivity contribution in [2.75, 3.05) is 13.1 Å². The molecule has 4 heteroatoms. The minimum atomic E-state index is -0.723. The number of carbonyl (C=O) groups is 1. The molecule has 0 aromatic rings. The quantitative estimate of drug-likeness (QED) is 0.725. The van der Waals surface area contributed by atoms with E-state index >= 15 is 0 Å². The van der Waals surface area contributed by atoms with Gasteiger partial charge in [0.15, 0.2) is 0 Å². The summed E-state index contributed by atoms with van der Waals surface area (Å²) in [7, 11) is 0. The third kappa shape index (κ3) is 2.38. The van der Waals surface area contributed by atoms with E-state index in [0.717, 1.165) is 25.9 Å². The number of nitrogens with one attached hydrogen (secondary N) is 1. The van der Waals surface area contributed by atoms with Crippen LogP contribution in [0.25, 0.3) is 0 Å². The number of hydrogen-bond donors (Lipinski definition) is 1. The lowest BCUT2D eigenvalue weighted by Gasteiger charge is -2.25. The standard InChI is InChI=1S/C10H17N3O/c1-3-10(2,8-11)12-9(14)13-6-4-5-7-13/h3-7H2,1-2H3,(H,12,14). The summed E-state index contributed by atoms with van der Waals surface area (Å²) < 4.78 is 0. The lowest BCUT2D eigenvalue weighted by atomic mass is 10.0. The first-order valence-corrected chi connectivity index (χ1v) is 5.09. The van der Waals surface area contributed by atoms with Gasteiger partial charge in [-0.15, -0.1) is 0 Å². The zero-order valence-corrected chi connectivity index (χ0v) is 8.84. The van der Waals surface area contributed by atoms with Crippen LogP contribution in [0.5, 0.6) is 0 Å². The van der Waals surface area contributed by atoms with Crippen molar-refractivity contribution in [1.29, 1.82) is 5.26 Å². The third-order valence-electron chi connectivity index (χ3n) is 2.73. The van der Waals surface area contributed by atoms with Crippen LogP contribution in [0.3, 0.4) is 0 Å². The van der Waals surface area contributed by atoms with Crippen molar-refractivity contribution in [1.82, 2.24) is 10.2 Å². The third-order valence-corrected chi connectivity index (χ3v) is 2.73. The summed E-state index contributed by atoms with van der Waals surface area (Å²) in [6.07, 6.45) is 2.77. The number of amides is 2. The first kappa shape index (κ1) is 10.8. The molecular weight excluding hydrogens is 178 g/mol. The first-order chi connectivity index (χ1) is 6.61. The molecule has 1 rings (SSSR count). The fourth-order valence-corrected chi connectivity index (χ4v) is 1.43. The van der Waals surface area contributed by atoms with Gasteiger partial charge in [-0.1, -0.05) is 6.92 Å². The number of urea groups is 1. The summed E-state index contributed by atoms with van der Waals surface area (Å²) in [5, 5.41) is 11.7. The molecule has 1 N–H and O–H groups in total. The number of carbonyl (C=O) groups excluding carboxylic acids is 1. The highest BCUT2D eigenvalue weighted by molar-refractivity contribution is 5.75. The van der Waals surface area contributed by atoms with E-state index < -0.39 is 5.54 Å². The highest BCUT2D eigenvalue weighted by atomic mass is 16.2. The SMILES string of the molecule is CCC(C)(C#N)NC(=O)N1CCCC1. The van der Waals surface area contributed by atoms with Gasteiger partial charge >= 0.3 is 6.03 Å². The van der Waals surface area contributed by atoms with Crippen molar-refractivity contribution >= 4 is 6.03 Å². The van der Waals surface area contributed by atoms with Crippen LogP contribution < -0.4 is 5.32 Å². The summed E-state index contributed by atoms with van der Waals surface area (Å²) in [5.41, 5.74) is -0.723. The Morgan fingerprint density at radius 1 is 1.57 bits per heavy atom. The van der Waals surface area contributed by atoms with Gasteiger partial charge in [0.05, 0.1) is 6.07 Å². The molecule has 4 nitrogen and oxygen atoms in total. The maximum atomic E-state index is 11.6. The van der Waals surface area contributed by atoms with Gasteiger partial charge in [-0.05, 0) is 26.2 Å². The maximum absolute atomic E-state index is 11.6. The van der Waals surface area contributed by atoms with E-state index in [2.05, 4.69) is 11.4 Å². The predicted octanol–water partition coefficient (Wildman–Crippen LogP) is 1.48. The molecule has 0 aromatic carbocycles. The first-order valence-electron chi connectivity index (χ1n) is 5.09. The topological polar surface area (TPSA) is 56.1 Å². The molecule has 1 unspecified atom stereocenters. The van der Waals surface area contributed by atoms with Crippen LogP contribution >= 0.6 is 0 Å². The van der Waals surface area contributed by atoms with Crippen molar-refractivity contribution < 1.29 is 4.79 Å². The van der Waals surface area contributed by atoms with Crippen LogP contribution in [0.15, 0.2) is 0 Å². The molecule has 0 bridgehead atoms. The second-order valence-corrected chi connectivity index (χ2v) is 3.92. The van der Waals surface area contributed by atoms with E-state index in [0.29, 0.717) is 6.42 Å². The van der Waals surface area contributed by atoms with E-state index in [1.54, 1.807) is 11.8 Å². The predicted molar refractivity (Wildman–Crippen MR) is 53.6 cm³/mol. The second kappa shape index (κ2) is 4.32. The number of hydrogen-bond acceptors (Lipinski definition) is 2. The van der Waals surface area contributed by atoms with Gasteiger partial charge in [-0.25, -0.2) is 4.79 Å². The van der Waals surface area contributed by atoms with Gasteiger partial charge < -0.3 is 10.2 Å². The maximum Gasteiger partial charge on any atom is 0.318 e.